The van der Waals surface area contributed by atoms with Crippen molar-refractivity contribution in [3.63, 3.8) is 0 Å². The zero-order valence-corrected chi connectivity index (χ0v) is 12.5. The monoisotopic (exact) mass is 300 g/mol. The van der Waals surface area contributed by atoms with E-state index in [1.807, 2.05) is 12.1 Å². The number of hydrogen-bond acceptors (Lipinski definition) is 4. The third-order valence-corrected chi connectivity index (χ3v) is 3.87. The molecule has 4 nitrogen and oxygen atoms in total. The van der Waals surface area contributed by atoms with E-state index in [1.54, 1.807) is 19.1 Å². The number of phenols is 1. The number of benzene rings is 1. The van der Waals surface area contributed by atoms with Gasteiger partial charge in [0.15, 0.2) is 0 Å². The SMILES string of the molecule is Cc1ccc(C(=O)NCc2ccc(C#CCN)s2)cc1O. The number of aryl methyl sites for hydroxylation is 1. The van der Waals surface area contributed by atoms with Crippen LogP contribution in [0.1, 0.15) is 25.7 Å². The van der Waals surface area contributed by atoms with Crippen LogP contribution in [0.4, 0.5) is 0 Å². The lowest BCUT2D eigenvalue weighted by atomic mass is 10.1. The van der Waals surface area contributed by atoms with E-state index in [4.69, 9.17) is 5.73 Å². The molecule has 0 unspecified atom stereocenters. The summed E-state index contributed by atoms with van der Waals surface area (Å²) in [5, 5.41) is 12.4. The fraction of sp³-hybridized carbons (Fsp3) is 0.188. The minimum absolute atomic E-state index is 0.123. The van der Waals surface area contributed by atoms with Crippen molar-refractivity contribution < 1.29 is 9.90 Å². The Morgan fingerprint density at radius 3 is 2.90 bits per heavy atom. The topological polar surface area (TPSA) is 75.4 Å². The number of carbonyl (C=O) groups excluding carboxylic acids is 1. The molecule has 1 aromatic carbocycles. The van der Waals surface area contributed by atoms with Gasteiger partial charge in [0.05, 0.1) is 18.0 Å². The second kappa shape index (κ2) is 6.93. The maximum Gasteiger partial charge on any atom is 0.251 e. The summed E-state index contributed by atoms with van der Waals surface area (Å²) in [6.45, 7) is 2.55. The summed E-state index contributed by atoms with van der Waals surface area (Å²) in [5.74, 6) is 5.66. The van der Waals surface area contributed by atoms with Crippen molar-refractivity contribution in [3.8, 4) is 17.6 Å². The van der Waals surface area contributed by atoms with Gasteiger partial charge >= 0.3 is 0 Å². The molecule has 2 aromatic rings. The fourth-order valence-electron chi connectivity index (χ4n) is 1.70. The van der Waals surface area contributed by atoms with Gasteiger partial charge in [0.1, 0.15) is 5.75 Å². The van der Waals surface area contributed by atoms with Crippen LogP contribution in [0.15, 0.2) is 30.3 Å². The molecule has 0 spiro atoms. The van der Waals surface area contributed by atoms with E-state index >= 15 is 0 Å². The van der Waals surface area contributed by atoms with Crippen molar-refractivity contribution in [2.75, 3.05) is 6.54 Å². The Morgan fingerprint density at radius 1 is 1.38 bits per heavy atom. The third kappa shape index (κ3) is 4.09. The molecular formula is C16H16N2O2S. The second-order valence-corrected chi connectivity index (χ2v) is 5.62. The Balaban J connectivity index is 1.97. The van der Waals surface area contributed by atoms with Crippen LogP contribution >= 0.6 is 11.3 Å². The number of nitrogens with two attached hydrogens (primary N) is 1. The summed E-state index contributed by atoms with van der Waals surface area (Å²) in [5.41, 5.74) is 6.51. The van der Waals surface area contributed by atoms with Gasteiger partial charge < -0.3 is 16.2 Å². The van der Waals surface area contributed by atoms with Crippen LogP contribution in [0, 0.1) is 18.8 Å². The van der Waals surface area contributed by atoms with Crippen LogP contribution in [0.25, 0.3) is 0 Å². The summed E-state index contributed by atoms with van der Waals surface area (Å²) in [4.78, 5) is 13.9. The second-order valence-electron chi connectivity index (χ2n) is 4.46. The Labute approximate surface area is 127 Å². The van der Waals surface area contributed by atoms with Crippen molar-refractivity contribution in [1.82, 2.24) is 5.32 Å². The van der Waals surface area contributed by atoms with Crippen molar-refractivity contribution in [1.29, 1.82) is 0 Å². The van der Waals surface area contributed by atoms with Crippen LogP contribution in [-0.2, 0) is 6.54 Å². The molecule has 0 radical (unpaired) electrons. The van der Waals surface area contributed by atoms with Gasteiger partial charge in [-0.05, 0) is 36.8 Å². The van der Waals surface area contributed by atoms with E-state index in [9.17, 15) is 9.90 Å². The number of nitrogens with one attached hydrogen (secondary N) is 1. The predicted molar refractivity (Wildman–Crippen MR) is 84.3 cm³/mol. The molecule has 1 amide bonds. The number of carbonyl (C=O) groups is 1. The standard InChI is InChI=1S/C16H16N2O2S/c1-11-4-5-12(9-15(11)19)16(20)18-10-14-7-6-13(21-14)3-2-8-17/h4-7,9,19H,8,10,17H2,1H3,(H,18,20). The molecule has 0 saturated heterocycles. The molecule has 0 saturated carbocycles. The Morgan fingerprint density at radius 2 is 2.19 bits per heavy atom. The summed E-state index contributed by atoms with van der Waals surface area (Å²) in [6.07, 6.45) is 0. The first-order valence-electron chi connectivity index (χ1n) is 6.45. The quantitative estimate of drug-likeness (QED) is 0.759. The van der Waals surface area contributed by atoms with E-state index in [0.717, 1.165) is 15.3 Å². The van der Waals surface area contributed by atoms with E-state index in [0.29, 0.717) is 18.7 Å². The van der Waals surface area contributed by atoms with E-state index in [-0.39, 0.29) is 11.7 Å². The van der Waals surface area contributed by atoms with Crippen LogP contribution in [-0.4, -0.2) is 17.6 Å². The maximum atomic E-state index is 12.0. The highest BCUT2D eigenvalue weighted by molar-refractivity contribution is 7.12. The van der Waals surface area contributed by atoms with Gasteiger partial charge in [-0.15, -0.1) is 11.3 Å². The molecule has 1 aromatic heterocycles. The molecular weight excluding hydrogens is 284 g/mol. The highest BCUT2D eigenvalue weighted by Crippen LogP contribution is 2.18. The molecule has 0 fully saturated rings. The number of thiophene rings is 1. The smallest absolute Gasteiger partial charge is 0.251 e. The predicted octanol–water partition coefficient (Wildman–Crippen LogP) is 2.00. The van der Waals surface area contributed by atoms with Crippen LogP contribution in [0.2, 0.25) is 0 Å². The van der Waals surface area contributed by atoms with Gasteiger partial charge in [0, 0.05) is 10.4 Å². The average Bonchev–Trinajstić information content (AvgIpc) is 2.93. The molecule has 0 atom stereocenters. The van der Waals surface area contributed by atoms with Crippen LogP contribution < -0.4 is 11.1 Å². The first-order valence-corrected chi connectivity index (χ1v) is 7.27. The number of aromatic hydroxyl groups is 1. The summed E-state index contributed by atoms with van der Waals surface area (Å²) < 4.78 is 0. The average molecular weight is 300 g/mol. The highest BCUT2D eigenvalue weighted by Gasteiger charge is 2.08. The lowest BCUT2D eigenvalue weighted by molar-refractivity contribution is 0.0951. The first-order chi connectivity index (χ1) is 10.1. The fourth-order valence-corrected chi connectivity index (χ4v) is 2.52. The first kappa shape index (κ1) is 15.1. The van der Waals surface area contributed by atoms with Gasteiger partial charge in [-0.2, -0.15) is 0 Å². The van der Waals surface area contributed by atoms with Crippen molar-refractivity contribution in [2.45, 2.75) is 13.5 Å². The van der Waals surface area contributed by atoms with Crippen LogP contribution in [0.5, 0.6) is 5.75 Å². The van der Waals surface area contributed by atoms with Crippen LogP contribution in [0.3, 0.4) is 0 Å². The zero-order chi connectivity index (χ0) is 15.2. The molecule has 1 heterocycles. The lowest BCUT2D eigenvalue weighted by Gasteiger charge is -2.05. The molecule has 21 heavy (non-hydrogen) atoms. The molecule has 0 aliphatic carbocycles. The van der Waals surface area contributed by atoms with Crippen molar-refractivity contribution in [2.24, 2.45) is 5.73 Å². The molecule has 108 valence electrons. The molecule has 2 rings (SSSR count). The van der Waals surface area contributed by atoms with Crippen molar-refractivity contribution >= 4 is 17.2 Å². The molecule has 0 aliphatic heterocycles. The van der Waals surface area contributed by atoms with Gasteiger partial charge in [-0.1, -0.05) is 17.9 Å². The third-order valence-electron chi connectivity index (χ3n) is 2.87. The van der Waals surface area contributed by atoms with E-state index in [1.165, 1.54) is 17.4 Å². The number of rotatable bonds is 3. The minimum Gasteiger partial charge on any atom is -0.508 e. The largest absolute Gasteiger partial charge is 0.508 e. The number of hydrogen-bond donors (Lipinski definition) is 3. The van der Waals surface area contributed by atoms with E-state index < -0.39 is 0 Å². The summed E-state index contributed by atoms with van der Waals surface area (Å²) in [7, 11) is 0. The van der Waals surface area contributed by atoms with Gasteiger partial charge in [0.25, 0.3) is 5.91 Å². The van der Waals surface area contributed by atoms with E-state index in [2.05, 4.69) is 17.2 Å². The lowest BCUT2D eigenvalue weighted by Crippen LogP contribution is -2.22. The maximum absolute atomic E-state index is 12.0. The van der Waals surface area contributed by atoms with Gasteiger partial charge in [-0.25, -0.2) is 0 Å². The zero-order valence-electron chi connectivity index (χ0n) is 11.6. The Bertz CT molecular complexity index is 711. The van der Waals surface area contributed by atoms with Gasteiger partial charge in [-0.3, -0.25) is 4.79 Å². The molecule has 0 aliphatic rings. The Kier molecular flexibility index (Phi) is 4.99. The molecule has 0 bridgehead atoms. The Hall–Kier alpha value is -2.29. The normalized spacial score (nSPS) is 9.81. The summed E-state index contributed by atoms with van der Waals surface area (Å²) in [6, 6.07) is 8.72. The molecule has 4 N–H and O–H groups in total. The van der Waals surface area contributed by atoms with Crippen molar-refractivity contribution in [3.05, 3.63) is 51.2 Å². The minimum atomic E-state index is -0.215. The number of phenolic OH excluding ortho intramolecular Hbond substituents is 1. The molecule has 5 heteroatoms. The summed E-state index contributed by atoms with van der Waals surface area (Å²) >= 11 is 1.52. The highest BCUT2D eigenvalue weighted by atomic mass is 32.1. The van der Waals surface area contributed by atoms with Gasteiger partial charge in [0.2, 0.25) is 0 Å². The number of amides is 1.